The van der Waals surface area contributed by atoms with E-state index in [9.17, 15) is 38.0 Å². The van der Waals surface area contributed by atoms with Crippen molar-refractivity contribution in [3.05, 3.63) is 129 Å². The third kappa shape index (κ3) is 9.00. The summed E-state index contributed by atoms with van der Waals surface area (Å²) < 4.78 is 14.1. The summed E-state index contributed by atoms with van der Waals surface area (Å²) in [6, 6.07) is 13.5. The lowest BCUT2D eigenvalue weighted by atomic mass is 9.94. The van der Waals surface area contributed by atoms with Gasteiger partial charge in [0, 0.05) is 48.6 Å². The molecule has 6 heterocycles. The molecule has 3 fully saturated rings. The number of allylic oxidation sites excluding steroid dienone is 2. The first-order valence-corrected chi connectivity index (χ1v) is 22.1. The summed E-state index contributed by atoms with van der Waals surface area (Å²) in [5.41, 5.74) is 8.97. The van der Waals surface area contributed by atoms with Crippen LogP contribution in [0.15, 0.2) is 73.1 Å². The molecule has 9 rings (SSSR count). The normalized spacial score (nSPS) is 21.6. The lowest BCUT2D eigenvalue weighted by Crippen LogP contribution is -2.52. The van der Waals surface area contributed by atoms with E-state index < -0.39 is 17.9 Å². The quantitative estimate of drug-likeness (QED) is 0.229. The van der Waals surface area contributed by atoms with Gasteiger partial charge < -0.3 is 25.3 Å². The molecular formula is C50H57FN6O7. The van der Waals surface area contributed by atoms with Crippen molar-refractivity contribution in [2.24, 2.45) is 0 Å². The maximum Gasteiger partial charge on any atom is 0.258 e. The predicted molar refractivity (Wildman–Crippen MR) is 238 cm³/mol. The minimum atomic E-state index is -0.551. The highest BCUT2D eigenvalue weighted by Crippen LogP contribution is 2.36. The first-order chi connectivity index (χ1) is 30.3. The van der Waals surface area contributed by atoms with Crippen molar-refractivity contribution in [3.8, 4) is 0 Å². The predicted octanol–water partition coefficient (Wildman–Crippen LogP) is 6.83. The standard InChI is InChI=1S/C17H19FN2O2.C17H20N2O2.C16H18N2O3/c1-9(2)11-5-6-13(18)15-12(11)8-20(17(15)22)14-7-4-10(3)19-16(14)21;1-10(2)12-5-6-14-13(8-12)9-19(17(14)21)15-7-4-11(3)18-16(15)20;1-9(2)10-3-4-11-8-18(16(21)12(11)7-10)13-5-6-14(19)17-15(13)20/h5-6,9,14H,3-4,7-8H2,1-2H3,(H,19,21);5-6,8,10,15H,3-4,7,9H2,1-2H3,(H,18,20);3-4,7,9,13H,5-6,8H2,1-2H3,(H,17,19,20). The molecule has 0 saturated carbocycles. The van der Waals surface area contributed by atoms with Crippen LogP contribution < -0.4 is 16.0 Å². The Morgan fingerprint density at radius 2 is 1.05 bits per heavy atom. The number of hydrogen-bond donors (Lipinski definition) is 3. The lowest BCUT2D eigenvalue weighted by Gasteiger charge is -2.31. The summed E-state index contributed by atoms with van der Waals surface area (Å²) in [6.45, 7) is 21.2. The molecule has 3 saturated heterocycles. The van der Waals surface area contributed by atoms with E-state index in [4.69, 9.17) is 0 Å². The van der Waals surface area contributed by atoms with Crippen LogP contribution >= 0.6 is 0 Å². The largest absolute Gasteiger partial charge is 0.329 e. The number of nitrogens with zero attached hydrogens (tertiary/aromatic N) is 3. The second-order valence-corrected chi connectivity index (χ2v) is 18.3. The number of benzene rings is 3. The second kappa shape index (κ2) is 18.3. The van der Waals surface area contributed by atoms with E-state index in [1.54, 1.807) is 15.9 Å². The SMILES string of the molecule is C=C1CCC(N2Cc3c(C(C)C)ccc(F)c3C2=O)C(=O)N1.C=C1CCC(N2Cc3cc(C(C)C)ccc3C2=O)C(=O)N1.CC(C)c1ccc2c(c1)C(=O)N(C1CCC(=O)NC1=O)C2. The zero-order valence-corrected chi connectivity index (χ0v) is 37.4. The molecule has 3 unspecified atom stereocenters. The molecule has 0 aromatic heterocycles. The zero-order chi connectivity index (χ0) is 46.3. The third-order valence-corrected chi connectivity index (χ3v) is 13.0. The summed E-state index contributed by atoms with van der Waals surface area (Å²) in [5, 5.41) is 7.75. The first-order valence-electron chi connectivity index (χ1n) is 22.1. The van der Waals surface area contributed by atoms with Crippen LogP contribution in [0.5, 0.6) is 0 Å². The van der Waals surface area contributed by atoms with E-state index in [1.807, 2.05) is 44.2 Å². The van der Waals surface area contributed by atoms with Crippen molar-refractivity contribution in [1.29, 1.82) is 0 Å². The Morgan fingerprint density at radius 3 is 1.59 bits per heavy atom. The molecule has 0 aliphatic carbocycles. The number of fused-ring (bicyclic) bond motifs is 3. The molecule has 3 atom stereocenters. The van der Waals surface area contributed by atoms with Crippen molar-refractivity contribution >= 4 is 41.4 Å². The Hall–Kier alpha value is -6.44. The highest BCUT2D eigenvalue weighted by atomic mass is 19.1. The molecule has 3 aromatic carbocycles. The van der Waals surface area contributed by atoms with Crippen molar-refractivity contribution in [2.75, 3.05) is 0 Å². The molecule has 6 aliphatic heterocycles. The van der Waals surface area contributed by atoms with Gasteiger partial charge in [-0.3, -0.25) is 38.9 Å². The molecule has 336 valence electrons. The molecule has 7 amide bonds. The van der Waals surface area contributed by atoms with Crippen LogP contribution in [0.3, 0.4) is 0 Å². The molecular weight excluding hydrogens is 816 g/mol. The number of amides is 7. The number of rotatable bonds is 6. The average Bonchev–Trinajstić information content (AvgIpc) is 3.88. The van der Waals surface area contributed by atoms with Crippen LogP contribution in [0, 0.1) is 5.82 Å². The van der Waals surface area contributed by atoms with Gasteiger partial charge in [0.2, 0.25) is 23.6 Å². The van der Waals surface area contributed by atoms with Crippen LogP contribution in [0.4, 0.5) is 4.39 Å². The van der Waals surface area contributed by atoms with Crippen LogP contribution in [0.2, 0.25) is 0 Å². The number of piperidine rings is 3. The molecule has 14 heteroatoms. The monoisotopic (exact) mass is 872 g/mol. The smallest absolute Gasteiger partial charge is 0.258 e. The molecule has 3 N–H and O–H groups in total. The highest BCUT2D eigenvalue weighted by molar-refractivity contribution is 6.06. The van der Waals surface area contributed by atoms with Crippen molar-refractivity contribution in [2.45, 2.75) is 136 Å². The van der Waals surface area contributed by atoms with Crippen LogP contribution in [0.1, 0.15) is 162 Å². The van der Waals surface area contributed by atoms with Gasteiger partial charge in [-0.05, 0) is 101 Å². The van der Waals surface area contributed by atoms with E-state index >= 15 is 0 Å². The summed E-state index contributed by atoms with van der Waals surface area (Å²) in [6.07, 6.45) is 3.24. The van der Waals surface area contributed by atoms with Gasteiger partial charge in [0.25, 0.3) is 17.7 Å². The fourth-order valence-electron chi connectivity index (χ4n) is 9.24. The highest BCUT2D eigenvalue weighted by Gasteiger charge is 2.42. The van der Waals surface area contributed by atoms with Crippen molar-refractivity contribution in [3.63, 3.8) is 0 Å². The number of hydrogen-bond acceptors (Lipinski definition) is 7. The van der Waals surface area contributed by atoms with Gasteiger partial charge in [-0.1, -0.05) is 85.0 Å². The van der Waals surface area contributed by atoms with Gasteiger partial charge in [0.05, 0.1) is 5.56 Å². The van der Waals surface area contributed by atoms with Crippen LogP contribution in [-0.4, -0.2) is 74.2 Å². The van der Waals surface area contributed by atoms with Gasteiger partial charge in [-0.2, -0.15) is 0 Å². The van der Waals surface area contributed by atoms with Crippen LogP contribution in [-0.2, 0) is 38.8 Å². The molecule has 13 nitrogen and oxygen atoms in total. The van der Waals surface area contributed by atoms with Gasteiger partial charge in [-0.15, -0.1) is 0 Å². The number of carbonyl (C=O) groups excluding carboxylic acids is 7. The molecule has 64 heavy (non-hydrogen) atoms. The second-order valence-electron chi connectivity index (χ2n) is 18.3. The zero-order valence-electron chi connectivity index (χ0n) is 37.4. The topological polar surface area (TPSA) is 165 Å². The van der Waals surface area contributed by atoms with Crippen molar-refractivity contribution in [1.82, 2.24) is 30.7 Å². The maximum atomic E-state index is 14.1. The molecule has 0 bridgehead atoms. The number of imide groups is 1. The molecule has 0 radical (unpaired) electrons. The van der Waals surface area contributed by atoms with Gasteiger partial charge >= 0.3 is 0 Å². The van der Waals surface area contributed by atoms with E-state index in [2.05, 4.69) is 62.9 Å². The van der Waals surface area contributed by atoms with E-state index in [0.717, 1.165) is 45.5 Å². The molecule has 0 spiro atoms. The fraction of sp³-hybridized carbons (Fsp3) is 0.420. The fourth-order valence-corrected chi connectivity index (χ4v) is 9.24. The minimum absolute atomic E-state index is 0.0343. The van der Waals surface area contributed by atoms with E-state index in [1.165, 1.54) is 16.5 Å². The number of carbonyl (C=O) groups is 7. The Labute approximate surface area is 373 Å². The number of halogens is 1. The van der Waals surface area contributed by atoms with Gasteiger partial charge in [-0.25, -0.2) is 4.39 Å². The summed E-state index contributed by atoms with van der Waals surface area (Å²) in [4.78, 5) is 89.8. The Bertz CT molecular complexity index is 2460. The first kappa shape index (κ1) is 45.6. The third-order valence-electron chi connectivity index (χ3n) is 13.0. The van der Waals surface area contributed by atoms with Gasteiger partial charge in [0.1, 0.15) is 23.9 Å². The Morgan fingerprint density at radius 1 is 0.547 bits per heavy atom. The minimum Gasteiger partial charge on any atom is -0.329 e. The van der Waals surface area contributed by atoms with E-state index in [-0.39, 0.29) is 65.3 Å². The number of nitrogens with one attached hydrogen (secondary N) is 3. The molecule has 6 aliphatic rings. The van der Waals surface area contributed by atoms with Crippen molar-refractivity contribution < 1.29 is 38.0 Å². The summed E-state index contributed by atoms with van der Waals surface area (Å²) in [7, 11) is 0. The maximum absolute atomic E-state index is 14.1. The Balaban J connectivity index is 0.000000144. The lowest BCUT2D eigenvalue weighted by molar-refractivity contribution is -0.137. The summed E-state index contributed by atoms with van der Waals surface area (Å²) >= 11 is 0. The van der Waals surface area contributed by atoms with Crippen LogP contribution in [0.25, 0.3) is 0 Å². The summed E-state index contributed by atoms with van der Waals surface area (Å²) in [5.74, 6) is -1.03. The molecule has 3 aromatic rings. The Kier molecular flexibility index (Phi) is 13.1. The van der Waals surface area contributed by atoms with Gasteiger partial charge in [0.15, 0.2) is 0 Å². The average molecular weight is 873 g/mol. The van der Waals surface area contributed by atoms with E-state index in [0.29, 0.717) is 68.4 Å².